The summed E-state index contributed by atoms with van der Waals surface area (Å²) in [6.07, 6.45) is 1.63. The highest BCUT2D eigenvalue weighted by atomic mass is 35.5. The van der Waals surface area contributed by atoms with Crippen LogP contribution in [0.5, 0.6) is 11.5 Å². The number of hydrogen-bond acceptors (Lipinski definition) is 3. The molecule has 1 N–H and O–H groups in total. The van der Waals surface area contributed by atoms with Crippen molar-refractivity contribution in [3.63, 3.8) is 0 Å². The van der Waals surface area contributed by atoms with E-state index in [0.717, 1.165) is 16.9 Å². The number of halogens is 2. The summed E-state index contributed by atoms with van der Waals surface area (Å²) < 4.78 is 20.7. The normalized spacial score (nSPS) is 11.3. The number of nitrogens with zero attached hydrogens (tertiary/aromatic N) is 2. The fraction of sp³-hybridized carbons (Fsp3) is 0.125. The van der Waals surface area contributed by atoms with Gasteiger partial charge in [0.1, 0.15) is 23.0 Å². The predicted octanol–water partition coefficient (Wildman–Crippen LogP) is 9.18. The minimum atomic E-state index is -0.440. The molecule has 0 fully saturated rings. The van der Waals surface area contributed by atoms with Crippen LogP contribution in [-0.4, -0.2) is 15.8 Å². The van der Waals surface area contributed by atoms with Crippen molar-refractivity contribution in [1.82, 2.24) is 9.78 Å². The van der Waals surface area contributed by atoms with Crippen molar-refractivity contribution >= 4 is 23.3 Å². The summed E-state index contributed by atoms with van der Waals surface area (Å²) >= 11 is 6.06. The molecule has 0 saturated carbocycles. The Labute approximate surface area is 231 Å². The van der Waals surface area contributed by atoms with Crippen LogP contribution in [0.15, 0.2) is 103 Å². The van der Waals surface area contributed by atoms with E-state index in [9.17, 15) is 9.18 Å². The minimum Gasteiger partial charge on any atom is -0.457 e. The number of carbonyl (C=O) groups excluding carboxylic acids is 1. The molecule has 0 unspecified atom stereocenters. The molecule has 0 bridgehead atoms. The molecule has 0 aliphatic heterocycles. The first-order valence-electron chi connectivity index (χ1n) is 12.5. The SMILES string of the molecule is CC(C)(C)c1ccc(Oc2ccc(NC(=O)n3cc(-c4ccc(F)cc4)c(-c4ccc(Cl)cc4)n3)cc2)cc1. The van der Waals surface area contributed by atoms with Crippen molar-refractivity contribution in [3.8, 4) is 33.9 Å². The summed E-state index contributed by atoms with van der Waals surface area (Å²) in [6, 6.07) is 27.9. The second-order valence-corrected chi connectivity index (χ2v) is 10.6. The Hall–Kier alpha value is -4.42. The number of amides is 1. The summed E-state index contributed by atoms with van der Waals surface area (Å²) in [5, 5.41) is 8.00. The van der Waals surface area contributed by atoms with Gasteiger partial charge in [0.2, 0.25) is 0 Å². The standard InChI is InChI=1S/C32H27ClFN3O2/c1-32(2,3)23-8-16-27(17-9-23)39-28-18-14-26(15-19-28)35-31(38)37-20-29(21-6-12-25(34)13-7-21)30(36-37)22-4-10-24(33)11-5-22/h4-20H,1-3H3,(H,35,38). The van der Waals surface area contributed by atoms with E-state index in [-0.39, 0.29) is 11.2 Å². The molecule has 0 spiro atoms. The van der Waals surface area contributed by atoms with Gasteiger partial charge in [-0.3, -0.25) is 0 Å². The number of hydrogen-bond donors (Lipinski definition) is 1. The molecular formula is C32H27ClFN3O2. The molecule has 0 aliphatic carbocycles. The van der Waals surface area contributed by atoms with Crippen LogP contribution in [0.2, 0.25) is 5.02 Å². The largest absolute Gasteiger partial charge is 0.457 e. The van der Waals surface area contributed by atoms with Gasteiger partial charge in [-0.25, -0.2) is 9.18 Å². The van der Waals surface area contributed by atoms with E-state index in [1.165, 1.54) is 22.4 Å². The first-order chi connectivity index (χ1) is 18.7. The van der Waals surface area contributed by atoms with Crippen LogP contribution in [0, 0.1) is 5.82 Å². The van der Waals surface area contributed by atoms with E-state index in [4.69, 9.17) is 16.3 Å². The Bertz CT molecular complexity index is 1520. The lowest BCUT2D eigenvalue weighted by atomic mass is 9.87. The Morgan fingerprint density at radius 1 is 0.821 bits per heavy atom. The van der Waals surface area contributed by atoms with Crippen molar-refractivity contribution in [2.75, 3.05) is 5.32 Å². The summed E-state index contributed by atoms with van der Waals surface area (Å²) in [5.74, 6) is 1.05. The second-order valence-electron chi connectivity index (χ2n) is 10.2. The molecule has 7 heteroatoms. The van der Waals surface area contributed by atoms with Crippen LogP contribution in [0.25, 0.3) is 22.4 Å². The lowest BCUT2D eigenvalue weighted by Crippen LogP contribution is -2.19. The van der Waals surface area contributed by atoms with E-state index in [0.29, 0.717) is 27.7 Å². The second kappa shape index (κ2) is 10.8. The molecule has 196 valence electrons. The van der Waals surface area contributed by atoms with Gasteiger partial charge < -0.3 is 10.1 Å². The number of rotatable bonds is 5. The van der Waals surface area contributed by atoms with Crippen molar-refractivity contribution in [2.45, 2.75) is 26.2 Å². The molecular weight excluding hydrogens is 513 g/mol. The number of ether oxygens (including phenoxy) is 1. The van der Waals surface area contributed by atoms with Crippen LogP contribution in [0.4, 0.5) is 14.9 Å². The summed E-state index contributed by atoms with van der Waals surface area (Å²) in [7, 11) is 0. The molecule has 1 heterocycles. The van der Waals surface area contributed by atoms with Gasteiger partial charge in [-0.1, -0.05) is 68.8 Å². The predicted molar refractivity (Wildman–Crippen MR) is 154 cm³/mol. The Morgan fingerprint density at radius 2 is 1.38 bits per heavy atom. The van der Waals surface area contributed by atoms with Crippen LogP contribution in [-0.2, 0) is 5.41 Å². The Morgan fingerprint density at radius 3 is 1.97 bits per heavy atom. The summed E-state index contributed by atoms with van der Waals surface area (Å²) in [6.45, 7) is 6.50. The number of carbonyl (C=O) groups is 1. The van der Waals surface area contributed by atoms with E-state index in [1.54, 1.807) is 54.7 Å². The number of anilines is 1. The fourth-order valence-electron chi connectivity index (χ4n) is 4.09. The molecule has 4 aromatic carbocycles. The Balaban J connectivity index is 1.34. The van der Waals surface area contributed by atoms with Crippen LogP contribution in [0.3, 0.4) is 0 Å². The average molecular weight is 540 g/mol. The third-order valence-corrected chi connectivity index (χ3v) is 6.51. The zero-order chi connectivity index (χ0) is 27.6. The van der Waals surface area contributed by atoms with Crippen molar-refractivity contribution < 1.29 is 13.9 Å². The van der Waals surface area contributed by atoms with Gasteiger partial charge in [0.05, 0.1) is 0 Å². The molecule has 5 rings (SSSR count). The molecule has 0 radical (unpaired) electrons. The fourth-order valence-corrected chi connectivity index (χ4v) is 4.21. The number of nitrogens with one attached hydrogen (secondary N) is 1. The molecule has 0 atom stereocenters. The first kappa shape index (κ1) is 26.2. The maximum absolute atomic E-state index is 13.5. The van der Waals surface area contributed by atoms with Gasteiger partial charge in [-0.05, 0) is 77.2 Å². The molecule has 39 heavy (non-hydrogen) atoms. The van der Waals surface area contributed by atoms with E-state index in [2.05, 4.69) is 43.3 Å². The van der Waals surface area contributed by atoms with Gasteiger partial charge in [0.25, 0.3) is 0 Å². The van der Waals surface area contributed by atoms with Crippen molar-refractivity contribution in [3.05, 3.63) is 120 Å². The molecule has 5 nitrogen and oxygen atoms in total. The lowest BCUT2D eigenvalue weighted by molar-refractivity contribution is 0.251. The smallest absolute Gasteiger partial charge is 0.346 e. The monoisotopic (exact) mass is 539 g/mol. The highest BCUT2D eigenvalue weighted by Gasteiger charge is 2.17. The molecule has 0 aliphatic rings. The van der Waals surface area contributed by atoms with E-state index in [1.807, 2.05) is 24.3 Å². The Kier molecular flexibility index (Phi) is 7.22. The van der Waals surface area contributed by atoms with Gasteiger partial charge in [-0.2, -0.15) is 9.78 Å². The zero-order valence-electron chi connectivity index (χ0n) is 21.8. The minimum absolute atomic E-state index is 0.0717. The highest BCUT2D eigenvalue weighted by Crippen LogP contribution is 2.32. The molecule has 1 amide bonds. The third-order valence-electron chi connectivity index (χ3n) is 6.26. The first-order valence-corrected chi connectivity index (χ1v) is 12.8. The van der Waals surface area contributed by atoms with Crippen molar-refractivity contribution in [2.24, 2.45) is 0 Å². The maximum Gasteiger partial charge on any atom is 0.346 e. The number of benzene rings is 4. The van der Waals surface area contributed by atoms with Crippen molar-refractivity contribution in [1.29, 1.82) is 0 Å². The van der Waals surface area contributed by atoms with E-state index >= 15 is 0 Å². The van der Waals surface area contributed by atoms with Gasteiger partial charge >= 0.3 is 6.03 Å². The number of aromatic nitrogens is 2. The third kappa shape index (κ3) is 6.19. The summed E-state index contributed by atoms with van der Waals surface area (Å²) in [4.78, 5) is 13.1. The van der Waals surface area contributed by atoms with Gasteiger partial charge in [-0.15, -0.1) is 0 Å². The lowest BCUT2D eigenvalue weighted by Gasteiger charge is -2.19. The van der Waals surface area contributed by atoms with Gasteiger partial charge in [0, 0.05) is 28.0 Å². The molecule has 1 aromatic heterocycles. The van der Waals surface area contributed by atoms with Crippen LogP contribution < -0.4 is 10.1 Å². The zero-order valence-corrected chi connectivity index (χ0v) is 22.5. The van der Waals surface area contributed by atoms with Crippen LogP contribution >= 0.6 is 11.6 Å². The maximum atomic E-state index is 13.5. The summed E-state index contributed by atoms with van der Waals surface area (Å²) in [5.41, 5.74) is 4.67. The molecule has 0 saturated heterocycles. The highest BCUT2D eigenvalue weighted by molar-refractivity contribution is 6.30. The van der Waals surface area contributed by atoms with Crippen LogP contribution in [0.1, 0.15) is 26.3 Å². The van der Waals surface area contributed by atoms with Gasteiger partial charge in [0.15, 0.2) is 0 Å². The van der Waals surface area contributed by atoms with E-state index < -0.39 is 6.03 Å². The molecule has 5 aromatic rings. The average Bonchev–Trinajstić information content (AvgIpc) is 3.36. The topological polar surface area (TPSA) is 56.1 Å². The quantitative estimate of drug-likeness (QED) is 0.242.